The van der Waals surface area contributed by atoms with Crippen molar-refractivity contribution in [3.8, 4) is 0 Å². The van der Waals surface area contributed by atoms with Crippen molar-refractivity contribution >= 4 is 23.5 Å². The Hall–Kier alpha value is -1.55. The van der Waals surface area contributed by atoms with Crippen LogP contribution in [0.1, 0.15) is 18.9 Å². The number of carbonyl (C=O) groups excluding carboxylic acids is 1. The molecule has 4 nitrogen and oxygen atoms in total. The molecule has 0 saturated carbocycles. The van der Waals surface area contributed by atoms with Crippen LogP contribution < -0.4 is 5.32 Å². The fraction of sp³-hybridized carbons (Fsp3) is 0.333. The highest BCUT2D eigenvalue weighted by Gasteiger charge is 2.15. The summed E-state index contributed by atoms with van der Waals surface area (Å²) in [4.78, 5) is 21.9. The van der Waals surface area contributed by atoms with Crippen LogP contribution in [0.25, 0.3) is 0 Å². The van der Waals surface area contributed by atoms with Crippen molar-refractivity contribution in [3.63, 3.8) is 0 Å². The maximum atomic E-state index is 11.5. The predicted molar refractivity (Wildman–Crippen MR) is 64.7 cm³/mol. The molecule has 17 heavy (non-hydrogen) atoms. The molecule has 0 heterocycles. The van der Waals surface area contributed by atoms with E-state index >= 15 is 0 Å². The van der Waals surface area contributed by atoms with Crippen LogP contribution in [0.5, 0.6) is 0 Å². The van der Waals surface area contributed by atoms with E-state index in [0.29, 0.717) is 11.6 Å². The van der Waals surface area contributed by atoms with E-state index in [9.17, 15) is 9.59 Å². The van der Waals surface area contributed by atoms with E-state index in [1.54, 1.807) is 19.1 Å². The molecular formula is C12H14ClNO3. The van der Waals surface area contributed by atoms with E-state index in [0.717, 1.165) is 5.56 Å². The van der Waals surface area contributed by atoms with Gasteiger partial charge in [-0.25, -0.2) is 0 Å². The standard InChI is InChI=1S/C12H14ClNO3/c1-8(6-11(15)16)12(17)14-7-9-2-4-10(13)5-3-9/h2-5,8H,6-7H2,1H3,(H,14,17)(H,15,16). The molecule has 1 aromatic carbocycles. The lowest BCUT2D eigenvalue weighted by atomic mass is 10.1. The Balaban J connectivity index is 2.42. The highest BCUT2D eigenvalue weighted by Crippen LogP contribution is 2.09. The molecule has 1 unspecified atom stereocenters. The number of amides is 1. The molecular weight excluding hydrogens is 242 g/mol. The summed E-state index contributed by atoms with van der Waals surface area (Å²) in [5, 5.41) is 11.9. The van der Waals surface area contributed by atoms with Crippen LogP contribution in [0.15, 0.2) is 24.3 Å². The molecule has 92 valence electrons. The Kier molecular flexibility index (Phi) is 4.97. The quantitative estimate of drug-likeness (QED) is 0.846. The maximum absolute atomic E-state index is 11.5. The Morgan fingerprint density at radius 3 is 2.47 bits per heavy atom. The number of carboxylic acids is 1. The minimum atomic E-state index is -0.973. The molecule has 0 fully saturated rings. The molecule has 0 radical (unpaired) electrons. The summed E-state index contributed by atoms with van der Waals surface area (Å²) in [5.74, 6) is -1.76. The van der Waals surface area contributed by atoms with Crippen molar-refractivity contribution in [2.24, 2.45) is 5.92 Å². The van der Waals surface area contributed by atoms with Gasteiger partial charge in [-0.3, -0.25) is 9.59 Å². The van der Waals surface area contributed by atoms with Crippen molar-refractivity contribution in [1.82, 2.24) is 5.32 Å². The molecule has 1 amide bonds. The molecule has 5 heteroatoms. The number of hydrogen-bond donors (Lipinski definition) is 2. The monoisotopic (exact) mass is 255 g/mol. The maximum Gasteiger partial charge on any atom is 0.304 e. The zero-order valence-corrected chi connectivity index (χ0v) is 10.2. The minimum absolute atomic E-state index is 0.160. The molecule has 1 atom stereocenters. The second-order valence-electron chi connectivity index (χ2n) is 3.84. The average molecular weight is 256 g/mol. The van der Waals surface area contributed by atoms with E-state index in [4.69, 9.17) is 16.7 Å². The number of rotatable bonds is 5. The molecule has 0 aromatic heterocycles. The summed E-state index contributed by atoms with van der Waals surface area (Å²) < 4.78 is 0. The summed E-state index contributed by atoms with van der Waals surface area (Å²) >= 11 is 5.73. The van der Waals surface area contributed by atoms with Gasteiger partial charge in [-0.2, -0.15) is 0 Å². The Morgan fingerprint density at radius 1 is 1.35 bits per heavy atom. The van der Waals surface area contributed by atoms with Gasteiger partial charge in [-0.05, 0) is 17.7 Å². The Bertz CT molecular complexity index is 403. The Labute approximate surface area is 105 Å². The largest absolute Gasteiger partial charge is 0.481 e. The third-order valence-electron chi connectivity index (χ3n) is 2.31. The van der Waals surface area contributed by atoms with E-state index < -0.39 is 11.9 Å². The lowest BCUT2D eigenvalue weighted by Crippen LogP contribution is -2.29. The first-order valence-corrected chi connectivity index (χ1v) is 5.61. The van der Waals surface area contributed by atoms with E-state index in [1.165, 1.54) is 0 Å². The van der Waals surface area contributed by atoms with Gasteiger partial charge in [-0.1, -0.05) is 30.7 Å². The molecule has 2 N–H and O–H groups in total. The van der Waals surface area contributed by atoms with Crippen LogP contribution in [-0.2, 0) is 16.1 Å². The van der Waals surface area contributed by atoms with Gasteiger partial charge in [0, 0.05) is 17.5 Å². The lowest BCUT2D eigenvalue weighted by molar-refractivity contribution is -0.140. The Morgan fingerprint density at radius 2 is 1.94 bits per heavy atom. The third kappa shape index (κ3) is 4.87. The number of benzene rings is 1. The third-order valence-corrected chi connectivity index (χ3v) is 2.56. The number of carboxylic acid groups (broad SMARTS) is 1. The molecule has 0 aliphatic heterocycles. The number of halogens is 1. The van der Waals surface area contributed by atoms with Gasteiger partial charge in [0.1, 0.15) is 0 Å². The number of hydrogen-bond acceptors (Lipinski definition) is 2. The second kappa shape index (κ2) is 6.25. The highest BCUT2D eigenvalue weighted by atomic mass is 35.5. The summed E-state index contributed by atoms with van der Waals surface area (Å²) in [6.45, 7) is 1.96. The van der Waals surface area contributed by atoms with Crippen molar-refractivity contribution in [2.75, 3.05) is 0 Å². The first-order chi connectivity index (χ1) is 7.99. The van der Waals surface area contributed by atoms with Gasteiger partial charge in [0.25, 0.3) is 0 Å². The van der Waals surface area contributed by atoms with Crippen molar-refractivity contribution in [3.05, 3.63) is 34.9 Å². The second-order valence-corrected chi connectivity index (χ2v) is 4.28. The van der Waals surface area contributed by atoms with Crippen LogP contribution in [0.2, 0.25) is 5.02 Å². The van der Waals surface area contributed by atoms with Gasteiger partial charge in [0.05, 0.1) is 6.42 Å². The summed E-state index contributed by atoms with van der Waals surface area (Å²) in [6.07, 6.45) is -0.160. The van der Waals surface area contributed by atoms with Crippen molar-refractivity contribution < 1.29 is 14.7 Å². The predicted octanol–water partition coefficient (Wildman–Crippen LogP) is 2.07. The lowest BCUT2D eigenvalue weighted by Gasteiger charge is -2.10. The molecule has 0 aliphatic rings. The molecule has 0 saturated heterocycles. The number of nitrogens with one attached hydrogen (secondary N) is 1. The molecule has 0 aliphatic carbocycles. The fourth-order valence-corrected chi connectivity index (χ4v) is 1.45. The van der Waals surface area contributed by atoms with Crippen LogP contribution in [0, 0.1) is 5.92 Å². The summed E-state index contributed by atoms with van der Waals surface area (Å²) in [7, 11) is 0. The molecule has 1 rings (SSSR count). The summed E-state index contributed by atoms with van der Waals surface area (Å²) in [5.41, 5.74) is 0.922. The van der Waals surface area contributed by atoms with E-state index in [1.807, 2.05) is 12.1 Å². The normalized spacial score (nSPS) is 11.9. The van der Waals surface area contributed by atoms with Crippen LogP contribution >= 0.6 is 11.6 Å². The van der Waals surface area contributed by atoms with Crippen LogP contribution in [-0.4, -0.2) is 17.0 Å². The van der Waals surface area contributed by atoms with Gasteiger partial charge < -0.3 is 10.4 Å². The fourth-order valence-electron chi connectivity index (χ4n) is 1.32. The summed E-state index contributed by atoms with van der Waals surface area (Å²) in [6, 6.07) is 7.10. The van der Waals surface area contributed by atoms with Gasteiger partial charge >= 0.3 is 5.97 Å². The SMILES string of the molecule is CC(CC(=O)O)C(=O)NCc1ccc(Cl)cc1. The topological polar surface area (TPSA) is 66.4 Å². The average Bonchev–Trinajstić information content (AvgIpc) is 2.27. The van der Waals surface area contributed by atoms with Crippen molar-refractivity contribution in [2.45, 2.75) is 19.9 Å². The van der Waals surface area contributed by atoms with Gasteiger partial charge in [0.15, 0.2) is 0 Å². The zero-order chi connectivity index (χ0) is 12.8. The number of carbonyl (C=O) groups is 2. The first-order valence-electron chi connectivity index (χ1n) is 5.23. The molecule has 0 spiro atoms. The molecule has 1 aromatic rings. The minimum Gasteiger partial charge on any atom is -0.481 e. The smallest absolute Gasteiger partial charge is 0.304 e. The first kappa shape index (κ1) is 13.5. The molecule has 0 bridgehead atoms. The van der Waals surface area contributed by atoms with E-state index in [-0.39, 0.29) is 12.3 Å². The highest BCUT2D eigenvalue weighted by molar-refractivity contribution is 6.30. The zero-order valence-electron chi connectivity index (χ0n) is 9.44. The van der Waals surface area contributed by atoms with Crippen molar-refractivity contribution in [1.29, 1.82) is 0 Å². The van der Waals surface area contributed by atoms with Gasteiger partial charge in [-0.15, -0.1) is 0 Å². The van der Waals surface area contributed by atoms with Crippen LogP contribution in [0.4, 0.5) is 0 Å². The van der Waals surface area contributed by atoms with E-state index in [2.05, 4.69) is 5.32 Å². The van der Waals surface area contributed by atoms with Gasteiger partial charge in [0.2, 0.25) is 5.91 Å². The van der Waals surface area contributed by atoms with Crippen LogP contribution in [0.3, 0.4) is 0 Å². The number of aliphatic carboxylic acids is 1.